The molecule has 0 aromatic rings. The molecule has 0 aliphatic heterocycles. The highest BCUT2D eigenvalue weighted by Crippen LogP contribution is 2.39. The fraction of sp³-hybridized carbons (Fsp3) is 0.852. The summed E-state index contributed by atoms with van der Waals surface area (Å²) in [6.07, 6.45) is 13.0. The molecule has 0 radical (unpaired) electrons. The van der Waals surface area contributed by atoms with E-state index in [0.29, 0.717) is 24.5 Å². The molecule has 0 aromatic carbocycles. The summed E-state index contributed by atoms with van der Waals surface area (Å²) in [5.74, 6) is 0.813. The first kappa shape index (κ1) is 29.1. The van der Waals surface area contributed by atoms with Crippen molar-refractivity contribution >= 4 is 20.8 Å². The van der Waals surface area contributed by atoms with Crippen molar-refractivity contribution in [3.05, 3.63) is 11.1 Å². The molecule has 2 atom stereocenters. The minimum Gasteiger partial charge on any atom is -0.469 e. The Bertz CT molecular complexity index is 603. The molecule has 32 heavy (non-hydrogen) atoms. The average Bonchev–Trinajstić information content (AvgIpc) is 3.08. The topological polar surface area (TPSA) is 52.6 Å². The fourth-order valence-corrected chi connectivity index (χ4v) is 5.76. The molecule has 0 fully saturated rings. The predicted octanol–water partition coefficient (Wildman–Crippen LogP) is 7.16. The number of hydrogen-bond donors (Lipinski definition) is 0. The number of allylic oxidation sites excluding steroid dienone is 1. The highest BCUT2D eigenvalue weighted by atomic mass is 28.3. The van der Waals surface area contributed by atoms with Gasteiger partial charge in [0.2, 0.25) is 0 Å². The van der Waals surface area contributed by atoms with Crippen LogP contribution in [-0.2, 0) is 18.8 Å². The Labute approximate surface area is 199 Å². The summed E-state index contributed by atoms with van der Waals surface area (Å²) in [6, 6.07) is 0. The first-order valence-corrected chi connectivity index (χ1v) is 15.9. The molecule has 0 spiro atoms. The summed E-state index contributed by atoms with van der Waals surface area (Å²) in [5, 5.41) is 0. The molecule has 0 amide bonds. The lowest BCUT2D eigenvalue weighted by molar-refractivity contribution is -0.140. The molecule has 0 saturated heterocycles. The molecule has 186 valence electrons. The van der Waals surface area contributed by atoms with Gasteiger partial charge in [-0.15, -0.1) is 0 Å². The molecule has 0 bridgehead atoms. The molecule has 4 nitrogen and oxygen atoms in total. The number of Topliss-reactive ketones (excluding diaryl/α,β-unsaturated/α-hetero) is 1. The third kappa shape index (κ3) is 10.8. The van der Waals surface area contributed by atoms with E-state index in [0.717, 1.165) is 50.5 Å². The Morgan fingerprint density at radius 1 is 1.03 bits per heavy atom. The second-order valence-electron chi connectivity index (χ2n) is 10.9. The second-order valence-corrected chi connectivity index (χ2v) is 13.3. The van der Waals surface area contributed by atoms with Crippen LogP contribution in [0.1, 0.15) is 111 Å². The van der Waals surface area contributed by atoms with Gasteiger partial charge in [-0.2, -0.15) is 0 Å². The van der Waals surface area contributed by atoms with Gasteiger partial charge in [0.15, 0.2) is 14.8 Å². The van der Waals surface area contributed by atoms with Gasteiger partial charge in [0.1, 0.15) is 0 Å². The van der Waals surface area contributed by atoms with Crippen LogP contribution in [-0.4, -0.2) is 34.0 Å². The number of esters is 1. The van der Waals surface area contributed by atoms with Crippen molar-refractivity contribution in [2.75, 3.05) is 7.11 Å². The molecule has 2 unspecified atom stereocenters. The smallest absolute Gasteiger partial charge is 0.305 e. The van der Waals surface area contributed by atoms with E-state index >= 15 is 0 Å². The lowest BCUT2D eigenvalue weighted by atomic mass is 9.74. The molecular formula is C27H50O4Si. The zero-order chi connectivity index (χ0) is 24.1. The number of carbonyl (C=O) groups excluding carboxylic acids is 2. The summed E-state index contributed by atoms with van der Waals surface area (Å²) in [5.41, 5.74) is 2.63. The third-order valence-corrected chi connectivity index (χ3v) is 7.71. The Balaban J connectivity index is 2.85. The predicted molar refractivity (Wildman–Crippen MR) is 136 cm³/mol. The van der Waals surface area contributed by atoms with E-state index in [1.165, 1.54) is 38.4 Å². The van der Waals surface area contributed by atoms with Crippen molar-refractivity contribution < 1.29 is 18.8 Å². The van der Waals surface area contributed by atoms with Crippen molar-refractivity contribution in [2.24, 2.45) is 11.3 Å². The van der Waals surface area contributed by atoms with Gasteiger partial charge < -0.3 is 9.16 Å². The highest BCUT2D eigenvalue weighted by Gasteiger charge is 2.33. The van der Waals surface area contributed by atoms with E-state index in [9.17, 15) is 9.59 Å². The molecule has 0 N–H and O–H groups in total. The van der Waals surface area contributed by atoms with Gasteiger partial charge in [0, 0.05) is 12.8 Å². The first-order chi connectivity index (χ1) is 15.1. The summed E-state index contributed by atoms with van der Waals surface area (Å²) in [4.78, 5) is 24.0. The van der Waals surface area contributed by atoms with Crippen molar-refractivity contribution in [1.82, 2.24) is 0 Å². The molecule has 1 aliphatic rings. The number of unbranched alkanes of at least 4 members (excludes halogenated alkanes) is 5. The molecule has 1 rings (SSSR count). The van der Waals surface area contributed by atoms with Crippen molar-refractivity contribution in [3.8, 4) is 0 Å². The summed E-state index contributed by atoms with van der Waals surface area (Å²) in [7, 11) is 0.216. The Kier molecular flexibility index (Phi) is 13.7. The van der Waals surface area contributed by atoms with Crippen LogP contribution in [0.15, 0.2) is 11.1 Å². The summed E-state index contributed by atoms with van der Waals surface area (Å²) >= 11 is 0. The highest BCUT2D eigenvalue weighted by molar-refractivity contribution is 6.48. The molecular weight excluding hydrogens is 416 g/mol. The largest absolute Gasteiger partial charge is 0.469 e. The van der Waals surface area contributed by atoms with Crippen LogP contribution in [0.4, 0.5) is 0 Å². The van der Waals surface area contributed by atoms with E-state index in [4.69, 9.17) is 9.16 Å². The van der Waals surface area contributed by atoms with E-state index < -0.39 is 9.04 Å². The van der Waals surface area contributed by atoms with Crippen LogP contribution < -0.4 is 0 Å². The number of ketones is 1. The maximum atomic E-state index is 12.8. The molecule has 0 aromatic heterocycles. The van der Waals surface area contributed by atoms with Gasteiger partial charge in [0.05, 0.1) is 13.2 Å². The monoisotopic (exact) mass is 466 g/mol. The number of carbonyl (C=O) groups is 2. The van der Waals surface area contributed by atoms with Crippen molar-refractivity contribution in [1.29, 1.82) is 0 Å². The van der Waals surface area contributed by atoms with Gasteiger partial charge in [-0.05, 0) is 74.1 Å². The lowest BCUT2D eigenvalue weighted by Crippen LogP contribution is -2.31. The number of hydrogen-bond acceptors (Lipinski definition) is 4. The summed E-state index contributed by atoms with van der Waals surface area (Å²) < 4.78 is 11.3. The van der Waals surface area contributed by atoms with Gasteiger partial charge in [-0.1, -0.05) is 59.8 Å². The molecule has 0 heterocycles. The quantitative estimate of drug-likeness (QED) is 0.137. The zero-order valence-electron chi connectivity index (χ0n) is 22.1. The van der Waals surface area contributed by atoms with Crippen molar-refractivity contribution in [2.45, 2.75) is 130 Å². The van der Waals surface area contributed by atoms with Crippen LogP contribution in [0.5, 0.6) is 0 Å². The van der Waals surface area contributed by atoms with Crippen LogP contribution in [0.25, 0.3) is 0 Å². The van der Waals surface area contributed by atoms with Gasteiger partial charge >= 0.3 is 5.97 Å². The maximum absolute atomic E-state index is 12.8. The number of rotatable bonds is 16. The standard InChI is InChI=1S/C27H50O4Si/c1-8-9-12-15-21(27(2,3)4)20-25(31-32(6)7)23-18-19-24(28)22(23)16-13-10-11-14-17-26(29)30-5/h21,25,32H,8-20H2,1-7H3. The van der Waals surface area contributed by atoms with Gasteiger partial charge in [0.25, 0.3) is 0 Å². The Hall–Kier alpha value is -0.943. The van der Waals surface area contributed by atoms with E-state index in [2.05, 4.69) is 40.8 Å². The first-order valence-electron chi connectivity index (χ1n) is 13.1. The molecule has 0 saturated carbocycles. The average molecular weight is 467 g/mol. The summed E-state index contributed by atoms with van der Waals surface area (Å²) in [6.45, 7) is 13.8. The SMILES string of the molecule is CCCCCC(CC(O[SiH](C)C)C1=C(CCCCCCC(=O)OC)C(=O)CC1)C(C)(C)C. The number of methoxy groups -OCH3 is 1. The van der Waals surface area contributed by atoms with Gasteiger partial charge in [-0.25, -0.2) is 0 Å². The van der Waals surface area contributed by atoms with Crippen molar-refractivity contribution in [3.63, 3.8) is 0 Å². The van der Waals surface area contributed by atoms with E-state index in [-0.39, 0.29) is 17.5 Å². The normalized spacial score (nSPS) is 16.7. The van der Waals surface area contributed by atoms with Crippen LogP contribution in [0.2, 0.25) is 13.1 Å². The number of ether oxygens (including phenoxy) is 1. The van der Waals surface area contributed by atoms with E-state index in [1.54, 1.807) is 0 Å². The molecule has 5 heteroatoms. The minimum absolute atomic E-state index is 0.119. The van der Waals surface area contributed by atoms with Crippen LogP contribution in [0, 0.1) is 11.3 Å². The van der Waals surface area contributed by atoms with Crippen LogP contribution >= 0.6 is 0 Å². The minimum atomic E-state index is -1.22. The van der Waals surface area contributed by atoms with Gasteiger partial charge in [-0.3, -0.25) is 9.59 Å². The fourth-order valence-electron chi connectivity index (χ4n) is 4.82. The third-order valence-electron chi connectivity index (χ3n) is 6.84. The maximum Gasteiger partial charge on any atom is 0.305 e. The second kappa shape index (κ2) is 15.1. The Morgan fingerprint density at radius 2 is 1.72 bits per heavy atom. The Morgan fingerprint density at radius 3 is 2.31 bits per heavy atom. The van der Waals surface area contributed by atoms with Crippen LogP contribution in [0.3, 0.4) is 0 Å². The van der Waals surface area contributed by atoms with E-state index in [1.807, 2.05) is 0 Å². The lowest BCUT2D eigenvalue weighted by Gasteiger charge is -2.35. The zero-order valence-corrected chi connectivity index (χ0v) is 23.2. The molecule has 1 aliphatic carbocycles.